The number of aryl methyl sites for hydroxylation is 2. The standard InChI is InChI=1S/C18H24BrNO/c1-14-9-16(11-20)10-15(2)17(14)21-13-18(12-19)7-5-3-4-6-8-18/h9-10H,3-8,12-13H2,1-2H3. The molecule has 1 aromatic rings. The van der Waals surface area contributed by atoms with E-state index in [0.717, 1.165) is 28.8 Å². The number of hydrogen-bond acceptors (Lipinski definition) is 2. The number of nitrogens with zero attached hydrogens (tertiary/aromatic N) is 1. The van der Waals surface area contributed by atoms with Crippen molar-refractivity contribution in [2.45, 2.75) is 52.4 Å². The Morgan fingerprint density at radius 3 is 2.19 bits per heavy atom. The van der Waals surface area contributed by atoms with Gasteiger partial charge in [0.15, 0.2) is 0 Å². The van der Waals surface area contributed by atoms with Gasteiger partial charge in [0, 0.05) is 10.7 Å². The first-order valence-corrected chi connectivity index (χ1v) is 8.92. The number of ether oxygens (including phenoxy) is 1. The number of alkyl halides is 1. The third kappa shape index (κ3) is 4.01. The fourth-order valence-electron chi connectivity index (χ4n) is 3.26. The van der Waals surface area contributed by atoms with Gasteiger partial charge in [0.2, 0.25) is 0 Å². The molecule has 114 valence electrons. The van der Waals surface area contributed by atoms with Gasteiger partial charge in [0.25, 0.3) is 0 Å². The van der Waals surface area contributed by atoms with E-state index in [-0.39, 0.29) is 5.41 Å². The van der Waals surface area contributed by atoms with Crippen LogP contribution in [0.2, 0.25) is 0 Å². The van der Waals surface area contributed by atoms with E-state index in [1.54, 1.807) is 0 Å². The molecule has 0 spiro atoms. The lowest BCUT2D eigenvalue weighted by atomic mass is 9.83. The molecular weight excluding hydrogens is 326 g/mol. The zero-order valence-corrected chi connectivity index (χ0v) is 14.6. The van der Waals surface area contributed by atoms with Crippen LogP contribution < -0.4 is 4.74 Å². The lowest BCUT2D eigenvalue weighted by Crippen LogP contribution is -2.30. The molecule has 0 unspecified atom stereocenters. The van der Waals surface area contributed by atoms with Crippen LogP contribution in [0, 0.1) is 30.6 Å². The van der Waals surface area contributed by atoms with Crippen LogP contribution in [0.4, 0.5) is 0 Å². The molecule has 0 aromatic heterocycles. The number of halogens is 1. The molecule has 0 saturated heterocycles. The molecule has 2 rings (SSSR count). The predicted octanol–water partition coefficient (Wildman–Crippen LogP) is 5.29. The van der Waals surface area contributed by atoms with Crippen molar-refractivity contribution >= 4 is 15.9 Å². The lowest BCUT2D eigenvalue weighted by Gasteiger charge is -2.31. The number of benzene rings is 1. The maximum Gasteiger partial charge on any atom is 0.125 e. The monoisotopic (exact) mass is 349 g/mol. The van der Waals surface area contributed by atoms with Crippen molar-refractivity contribution in [2.24, 2.45) is 5.41 Å². The second-order valence-corrected chi connectivity index (χ2v) is 6.95. The molecule has 0 aliphatic heterocycles. The smallest absolute Gasteiger partial charge is 0.125 e. The average Bonchev–Trinajstić information content (AvgIpc) is 2.72. The average molecular weight is 350 g/mol. The minimum absolute atomic E-state index is 0.267. The van der Waals surface area contributed by atoms with Gasteiger partial charge < -0.3 is 4.74 Å². The molecule has 2 nitrogen and oxygen atoms in total. The summed E-state index contributed by atoms with van der Waals surface area (Å²) < 4.78 is 6.22. The number of hydrogen-bond donors (Lipinski definition) is 0. The maximum absolute atomic E-state index is 9.02. The molecule has 0 radical (unpaired) electrons. The molecule has 1 aliphatic rings. The SMILES string of the molecule is Cc1cc(C#N)cc(C)c1OCC1(CBr)CCCCCC1. The largest absolute Gasteiger partial charge is 0.492 e. The third-order valence-electron chi connectivity index (χ3n) is 4.56. The Hall–Kier alpha value is -1.01. The third-order valence-corrected chi connectivity index (χ3v) is 5.75. The first kappa shape index (κ1) is 16.4. The fraction of sp³-hybridized carbons (Fsp3) is 0.611. The molecular formula is C18H24BrNO. The van der Waals surface area contributed by atoms with Crippen molar-refractivity contribution in [3.8, 4) is 11.8 Å². The minimum atomic E-state index is 0.267. The normalized spacial score (nSPS) is 17.8. The van der Waals surface area contributed by atoms with E-state index in [1.165, 1.54) is 38.5 Å². The first-order chi connectivity index (χ1) is 10.1. The van der Waals surface area contributed by atoms with Gasteiger partial charge in [0.1, 0.15) is 5.75 Å². The van der Waals surface area contributed by atoms with Crippen molar-refractivity contribution in [2.75, 3.05) is 11.9 Å². The van der Waals surface area contributed by atoms with Gasteiger partial charge in [-0.2, -0.15) is 5.26 Å². The van der Waals surface area contributed by atoms with Gasteiger partial charge in [0.05, 0.1) is 18.2 Å². The Balaban J connectivity index is 2.13. The predicted molar refractivity (Wildman–Crippen MR) is 90.1 cm³/mol. The van der Waals surface area contributed by atoms with Crippen molar-refractivity contribution < 1.29 is 4.74 Å². The molecule has 1 aliphatic carbocycles. The van der Waals surface area contributed by atoms with Gasteiger partial charge in [-0.15, -0.1) is 0 Å². The molecule has 0 heterocycles. The lowest BCUT2D eigenvalue weighted by molar-refractivity contribution is 0.148. The molecule has 1 saturated carbocycles. The quantitative estimate of drug-likeness (QED) is 0.546. The van der Waals surface area contributed by atoms with Gasteiger partial charge in [-0.3, -0.25) is 0 Å². The highest BCUT2D eigenvalue weighted by Crippen LogP contribution is 2.38. The van der Waals surface area contributed by atoms with Crippen LogP contribution in [-0.2, 0) is 0 Å². The zero-order valence-electron chi connectivity index (χ0n) is 13.0. The summed E-state index contributed by atoms with van der Waals surface area (Å²) in [6.07, 6.45) is 7.80. The summed E-state index contributed by atoms with van der Waals surface area (Å²) in [6.45, 7) is 4.82. The summed E-state index contributed by atoms with van der Waals surface area (Å²) in [5.74, 6) is 0.957. The molecule has 1 fully saturated rings. The summed E-state index contributed by atoms with van der Waals surface area (Å²) in [4.78, 5) is 0. The van der Waals surface area contributed by atoms with Crippen LogP contribution >= 0.6 is 15.9 Å². The summed E-state index contributed by atoms with van der Waals surface area (Å²) in [7, 11) is 0. The Labute approximate surface area is 136 Å². The van der Waals surface area contributed by atoms with E-state index in [1.807, 2.05) is 26.0 Å². The Kier molecular flexibility index (Phi) is 5.70. The molecule has 0 atom stereocenters. The Morgan fingerprint density at radius 1 is 1.14 bits per heavy atom. The summed E-state index contributed by atoms with van der Waals surface area (Å²) in [6, 6.07) is 6.03. The van der Waals surface area contributed by atoms with E-state index in [9.17, 15) is 0 Å². The van der Waals surface area contributed by atoms with Gasteiger partial charge in [-0.1, -0.05) is 41.6 Å². The molecule has 21 heavy (non-hydrogen) atoms. The van der Waals surface area contributed by atoms with Gasteiger partial charge >= 0.3 is 0 Å². The number of nitriles is 1. The molecule has 0 bridgehead atoms. The number of rotatable bonds is 4. The van der Waals surface area contributed by atoms with E-state index in [2.05, 4.69) is 22.0 Å². The van der Waals surface area contributed by atoms with E-state index in [0.29, 0.717) is 5.56 Å². The van der Waals surface area contributed by atoms with Crippen LogP contribution in [0.15, 0.2) is 12.1 Å². The van der Waals surface area contributed by atoms with E-state index < -0.39 is 0 Å². The van der Waals surface area contributed by atoms with Crippen molar-refractivity contribution in [3.05, 3.63) is 28.8 Å². The zero-order chi connectivity index (χ0) is 15.3. The first-order valence-electron chi connectivity index (χ1n) is 7.80. The topological polar surface area (TPSA) is 33.0 Å². The highest BCUT2D eigenvalue weighted by atomic mass is 79.9. The summed E-state index contributed by atoms with van der Waals surface area (Å²) in [5, 5.41) is 10.0. The Morgan fingerprint density at radius 2 is 1.71 bits per heavy atom. The highest BCUT2D eigenvalue weighted by Gasteiger charge is 2.31. The van der Waals surface area contributed by atoms with Gasteiger partial charge in [-0.25, -0.2) is 0 Å². The molecule has 0 N–H and O–H groups in total. The summed E-state index contributed by atoms with van der Waals surface area (Å²) in [5.41, 5.74) is 3.10. The second kappa shape index (κ2) is 7.31. The van der Waals surface area contributed by atoms with Crippen LogP contribution in [-0.4, -0.2) is 11.9 Å². The fourth-order valence-corrected chi connectivity index (χ4v) is 3.99. The van der Waals surface area contributed by atoms with Crippen LogP contribution in [0.5, 0.6) is 5.75 Å². The van der Waals surface area contributed by atoms with Crippen LogP contribution in [0.25, 0.3) is 0 Å². The van der Waals surface area contributed by atoms with Crippen LogP contribution in [0.3, 0.4) is 0 Å². The molecule has 1 aromatic carbocycles. The maximum atomic E-state index is 9.02. The molecule has 0 amide bonds. The Bertz CT molecular complexity index is 502. The van der Waals surface area contributed by atoms with E-state index in [4.69, 9.17) is 10.00 Å². The van der Waals surface area contributed by atoms with Crippen molar-refractivity contribution in [1.29, 1.82) is 5.26 Å². The van der Waals surface area contributed by atoms with Crippen LogP contribution in [0.1, 0.15) is 55.2 Å². The minimum Gasteiger partial charge on any atom is -0.492 e. The highest BCUT2D eigenvalue weighted by molar-refractivity contribution is 9.09. The summed E-state index contributed by atoms with van der Waals surface area (Å²) >= 11 is 3.71. The molecule has 3 heteroatoms. The van der Waals surface area contributed by atoms with Crippen molar-refractivity contribution in [1.82, 2.24) is 0 Å². The van der Waals surface area contributed by atoms with E-state index >= 15 is 0 Å². The van der Waals surface area contributed by atoms with Crippen molar-refractivity contribution in [3.63, 3.8) is 0 Å². The van der Waals surface area contributed by atoms with Gasteiger partial charge in [-0.05, 0) is 49.9 Å². The second-order valence-electron chi connectivity index (χ2n) is 6.39.